The standard InChI is InChI=1S/C22H22N4S.C13H11ClN4.C9H12S/c1-14-11-15(2)19(16(3)12-14)27-21-18-9-10-26(20(18)24-22(23)25-21)13-17-7-5-4-6-8-17;14-11-10-6-7-18(12(10)17-13(15)16-11)8-9-4-2-1-3-5-9;1-6-4-7(2)9(10)8(3)5-6/h4-12H,13H2,1-3H3,(H2,23,24,25);1-7H,8H2,(H2,15,16,17);4-5,10H,1-3H3. The van der Waals surface area contributed by atoms with Gasteiger partial charge in [-0.1, -0.05) is 119 Å². The molecule has 4 N–H and O–H groups in total. The van der Waals surface area contributed by atoms with E-state index in [1.165, 1.54) is 49.4 Å². The highest BCUT2D eigenvalue weighted by atomic mass is 35.5. The molecule has 280 valence electrons. The summed E-state index contributed by atoms with van der Waals surface area (Å²) in [5.74, 6) is 0.501. The Labute approximate surface area is 337 Å². The van der Waals surface area contributed by atoms with Gasteiger partial charge in [0.15, 0.2) is 0 Å². The second kappa shape index (κ2) is 17.5. The highest BCUT2D eigenvalue weighted by Gasteiger charge is 2.15. The van der Waals surface area contributed by atoms with Gasteiger partial charge in [0, 0.05) is 35.3 Å². The molecule has 0 fully saturated rings. The average Bonchev–Trinajstić information content (AvgIpc) is 3.74. The zero-order chi connectivity index (χ0) is 39.2. The number of halogens is 1. The molecule has 0 aliphatic carbocycles. The van der Waals surface area contributed by atoms with E-state index in [4.69, 9.17) is 23.1 Å². The number of aryl methyl sites for hydroxylation is 6. The van der Waals surface area contributed by atoms with Crippen LogP contribution in [0.3, 0.4) is 0 Å². The van der Waals surface area contributed by atoms with Gasteiger partial charge >= 0.3 is 0 Å². The minimum Gasteiger partial charge on any atom is -0.368 e. The molecule has 8 aromatic rings. The van der Waals surface area contributed by atoms with Crippen LogP contribution in [0.5, 0.6) is 0 Å². The second-order valence-electron chi connectivity index (χ2n) is 13.7. The zero-order valence-corrected chi connectivity index (χ0v) is 34.3. The van der Waals surface area contributed by atoms with Crippen molar-refractivity contribution in [3.63, 3.8) is 0 Å². The van der Waals surface area contributed by atoms with E-state index in [9.17, 15) is 0 Å². The maximum atomic E-state index is 6.05. The molecule has 0 spiro atoms. The number of nitrogen functional groups attached to an aromatic ring is 2. The van der Waals surface area contributed by atoms with Crippen molar-refractivity contribution in [2.45, 2.75) is 69.4 Å². The minimum absolute atomic E-state index is 0.195. The fourth-order valence-corrected chi connectivity index (χ4v) is 7.99. The van der Waals surface area contributed by atoms with E-state index in [0.29, 0.717) is 11.1 Å². The van der Waals surface area contributed by atoms with Crippen LogP contribution in [0, 0.1) is 41.5 Å². The molecule has 0 aliphatic heterocycles. The van der Waals surface area contributed by atoms with Crippen molar-refractivity contribution in [1.29, 1.82) is 0 Å². The molecule has 0 aliphatic rings. The number of benzene rings is 4. The van der Waals surface area contributed by atoms with Crippen molar-refractivity contribution in [2.75, 3.05) is 11.5 Å². The Balaban J connectivity index is 0.000000157. The Kier molecular flexibility index (Phi) is 12.5. The van der Waals surface area contributed by atoms with E-state index in [1.807, 2.05) is 41.1 Å². The third kappa shape index (κ3) is 9.69. The second-order valence-corrected chi connectivity index (χ2v) is 15.5. The summed E-state index contributed by atoms with van der Waals surface area (Å²) in [6.45, 7) is 14.2. The van der Waals surface area contributed by atoms with Gasteiger partial charge in [-0.15, -0.1) is 12.6 Å². The number of aromatic nitrogens is 6. The fourth-order valence-electron chi connectivity index (χ4n) is 6.59. The molecule has 4 heterocycles. The molecule has 0 unspecified atom stereocenters. The van der Waals surface area contributed by atoms with Crippen LogP contribution in [0.4, 0.5) is 11.9 Å². The number of anilines is 2. The third-order valence-electron chi connectivity index (χ3n) is 9.02. The third-order valence-corrected chi connectivity index (χ3v) is 11.4. The van der Waals surface area contributed by atoms with Gasteiger partial charge in [0.1, 0.15) is 21.5 Å². The summed E-state index contributed by atoms with van der Waals surface area (Å²) >= 11 is 12.1. The van der Waals surface area contributed by atoms with Crippen LogP contribution in [0.15, 0.2) is 124 Å². The molecule has 8 rings (SSSR count). The van der Waals surface area contributed by atoms with Crippen molar-refractivity contribution in [2.24, 2.45) is 0 Å². The van der Waals surface area contributed by atoms with E-state index >= 15 is 0 Å². The summed E-state index contributed by atoms with van der Waals surface area (Å²) in [5, 5.41) is 3.15. The maximum Gasteiger partial charge on any atom is 0.223 e. The van der Waals surface area contributed by atoms with Gasteiger partial charge in [0.2, 0.25) is 11.9 Å². The van der Waals surface area contributed by atoms with Crippen LogP contribution < -0.4 is 11.5 Å². The molecule has 11 heteroatoms. The van der Waals surface area contributed by atoms with E-state index in [0.717, 1.165) is 45.1 Å². The van der Waals surface area contributed by atoms with Crippen LogP contribution in [0.2, 0.25) is 5.15 Å². The lowest BCUT2D eigenvalue weighted by atomic mass is 10.1. The summed E-state index contributed by atoms with van der Waals surface area (Å²) in [7, 11) is 0. The predicted octanol–water partition coefficient (Wildman–Crippen LogP) is 10.8. The number of nitrogens with zero attached hydrogens (tertiary/aromatic N) is 6. The van der Waals surface area contributed by atoms with Gasteiger partial charge in [0.25, 0.3) is 0 Å². The molecule has 4 aromatic heterocycles. The number of nitrogens with two attached hydrogens (primary N) is 2. The molecule has 0 bridgehead atoms. The maximum absolute atomic E-state index is 6.05. The topological polar surface area (TPSA) is 113 Å². The van der Waals surface area contributed by atoms with Gasteiger partial charge in [-0.25, -0.2) is 9.97 Å². The highest BCUT2D eigenvalue weighted by molar-refractivity contribution is 7.99. The normalized spacial score (nSPS) is 10.9. The van der Waals surface area contributed by atoms with Crippen molar-refractivity contribution in [3.05, 3.63) is 159 Å². The monoisotopic (exact) mass is 784 g/mol. The van der Waals surface area contributed by atoms with Gasteiger partial charge in [0.05, 0.1) is 10.8 Å². The first kappa shape index (κ1) is 39.4. The lowest BCUT2D eigenvalue weighted by Gasteiger charge is -2.12. The molecular weight excluding hydrogens is 740 g/mol. The van der Waals surface area contributed by atoms with Crippen molar-refractivity contribution < 1.29 is 0 Å². The molecule has 0 saturated heterocycles. The van der Waals surface area contributed by atoms with E-state index < -0.39 is 0 Å². The SMILES string of the molecule is Cc1cc(C)c(S)c(C)c1.Cc1cc(C)c(Sc2nc(N)nc3c2ccn3Cc2ccccc2)c(C)c1.Nc1nc(Cl)c2ccn(Cc3ccccc3)c2n1. The highest BCUT2D eigenvalue weighted by Crippen LogP contribution is 2.37. The van der Waals surface area contributed by atoms with Crippen molar-refractivity contribution in [3.8, 4) is 0 Å². The molecule has 55 heavy (non-hydrogen) atoms. The Hall–Kier alpha value is -5.29. The van der Waals surface area contributed by atoms with E-state index in [2.05, 4.69) is 152 Å². The Bertz CT molecular complexity index is 2540. The van der Waals surface area contributed by atoms with Gasteiger partial charge in [-0.3, -0.25) is 0 Å². The summed E-state index contributed by atoms with van der Waals surface area (Å²) in [6.07, 6.45) is 4.00. The van der Waals surface area contributed by atoms with E-state index in [1.54, 1.807) is 11.8 Å². The molecule has 8 nitrogen and oxygen atoms in total. The summed E-state index contributed by atoms with van der Waals surface area (Å²) in [5.41, 5.74) is 23.4. The molecule has 0 amide bonds. The number of hydrogen-bond donors (Lipinski definition) is 3. The molecule has 0 atom stereocenters. The smallest absolute Gasteiger partial charge is 0.223 e. The largest absolute Gasteiger partial charge is 0.368 e. The first-order chi connectivity index (χ1) is 26.4. The van der Waals surface area contributed by atoms with E-state index in [-0.39, 0.29) is 5.95 Å². The summed E-state index contributed by atoms with van der Waals surface area (Å²) in [4.78, 5) is 19.6. The first-order valence-electron chi connectivity index (χ1n) is 17.9. The number of thiol groups is 1. The van der Waals surface area contributed by atoms with Crippen molar-refractivity contribution in [1.82, 2.24) is 29.1 Å². The number of fused-ring (bicyclic) bond motifs is 2. The minimum atomic E-state index is 0.195. The van der Waals surface area contributed by atoms with Gasteiger partial charge in [-0.2, -0.15) is 9.97 Å². The lowest BCUT2D eigenvalue weighted by Crippen LogP contribution is -2.03. The molecule has 0 saturated carbocycles. The quantitative estimate of drug-likeness (QED) is 0.114. The summed E-state index contributed by atoms with van der Waals surface area (Å²) < 4.78 is 4.14. The number of hydrogen-bond acceptors (Lipinski definition) is 8. The van der Waals surface area contributed by atoms with Crippen LogP contribution in [0.25, 0.3) is 22.1 Å². The van der Waals surface area contributed by atoms with Crippen LogP contribution in [0.1, 0.15) is 44.5 Å². The Morgan fingerprint density at radius 3 is 1.53 bits per heavy atom. The van der Waals surface area contributed by atoms with Gasteiger partial charge in [-0.05, 0) is 87.1 Å². The van der Waals surface area contributed by atoms with Gasteiger partial charge < -0.3 is 20.6 Å². The zero-order valence-electron chi connectivity index (χ0n) is 31.9. The fraction of sp³-hybridized carbons (Fsp3) is 0.182. The van der Waals surface area contributed by atoms with Crippen LogP contribution in [-0.2, 0) is 13.1 Å². The Morgan fingerprint density at radius 1 is 0.582 bits per heavy atom. The average molecular weight is 785 g/mol. The summed E-state index contributed by atoms with van der Waals surface area (Å²) in [6, 6.07) is 33.2. The van der Waals surface area contributed by atoms with Crippen LogP contribution in [-0.4, -0.2) is 29.1 Å². The molecule has 4 aromatic carbocycles. The number of rotatable bonds is 6. The lowest BCUT2D eigenvalue weighted by molar-refractivity contribution is 0.823. The van der Waals surface area contributed by atoms with Crippen LogP contribution >= 0.6 is 36.0 Å². The molecule has 0 radical (unpaired) electrons. The first-order valence-corrected chi connectivity index (χ1v) is 19.5. The Morgan fingerprint density at radius 2 is 1.02 bits per heavy atom. The van der Waals surface area contributed by atoms with Crippen molar-refractivity contribution >= 4 is 70.0 Å². The predicted molar refractivity (Wildman–Crippen MR) is 233 cm³/mol. The molecular formula is C44H45ClN8S2.